The minimum Gasteiger partial charge on any atom is -0.502 e. The van der Waals surface area contributed by atoms with Crippen LogP contribution in [0, 0.1) is 10.1 Å². The van der Waals surface area contributed by atoms with E-state index in [1.807, 2.05) is 36.4 Å². The van der Waals surface area contributed by atoms with Gasteiger partial charge in [0, 0.05) is 5.39 Å². The first kappa shape index (κ1) is 12.1. The van der Waals surface area contributed by atoms with Crippen LogP contribution in [0.25, 0.3) is 22.0 Å². The van der Waals surface area contributed by atoms with Crippen molar-refractivity contribution in [1.29, 1.82) is 0 Å². The Labute approximate surface area is 114 Å². The van der Waals surface area contributed by atoms with Crippen LogP contribution in [0.5, 0.6) is 5.75 Å². The van der Waals surface area contributed by atoms with Crippen molar-refractivity contribution < 1.29 is 10.0 Å². The van der Waals surface area contributed by atoms with Crippen LogP contribution in [0.4, 0.5) is 5.69 Å². The number of hydrogen-bond donors (Lipinski definition) is 1. The van der Waals surface area contributed by atoms with Gasteiger partial charge in [0.25, 0.3) is 0 Å². The summed E-state index contributed by atoms with van der Waals surface area (Å²) in [4.78, 5) is 14.2. The monoisotopic (exact) mass is 266 g/mol. The van der Waals surface area contributed by atoms with Crippen molar-refractivity contribution in [3.63, 3.8) is 0 Å². The molecule has 0 aliphatic carbocycles. The van der Waals surface area contributed by atoms with E-state index >= 15 is 0 Å². The summed E-state index contributed by atoms with van der Waals surface area (Å²) in [6, 6.07) is 14.9. The van der Waals surface area contributed by atoms with Gasteiger partial charge in [-0.2, -0.15) is 0 Å². The van der Waals surface area contributed by atoms with Crippen LogP contribution in [-0.4, -0.2) is 15.0 Å². The third kappa shape index (κ3) is 1.95. The smallest absolute Gasteiger partial charge is 0.329 e. The van der Waals surface area contributed by atoms with Crippen LogP contribution in [0.2, 0.25) is 0 Å². The number of rotatable bonds is 2. The van der Waals surface area contributed by atoms with Gasteiger partial charge in [-0.1, -0.05) is 36.4 Å². The molecular formula is C15H10N2O3. The van der Waals surface area contributed by atoms with E-state index in [0.29, 0.717) is 10.9 Å². The van der Waals surface area contributed by atoms with E-state index in [1.54, 1.807) is 12.1 Å². The van der Waals surface area contributed by atoms with Crippen molar-refractivity contribution in [2.75, 3.05) is 0 Å². The van der Waals surface area contributed by atoms with Crippen molar-refractivity contribution in [3.05, 3.63) is 64.8 Å². The zero-order valence-electron chi connectivity index (χ0n) is 10.4. The second-order valence-corrected chi connectivity index (χ2v) is 4.35. The summed E-state index contributed by atoms with van der Waals surface area (Å²) in [5.41, 5.74) is 1.98. The molecule has 1 heterocycles. The predicted molar refractivity (Wildman–Crippen MR) is 75.5 cm³/mol. The summed E-state index contributed by atoms with van der Waals surface area (Å²) < 4.78 is 0. The number of aromatic nitrogens is 1. The van der Waals surface area contributed by atoms with Gasteiger partial charge >= 0.3 is 5.69 Å². The minimum atomic E-state index is -0.642. The van der Waals surface area contributed by atoms with E-state index in [9.17, 15) is 15.2 Å². The summed E-state index contributed by atoms with van der Waals surface area (Å²) in [6.45, 7) is 0. The molecule has 1 N–H and O–H groups in total. The van der Waals surface area contributed by atoms with E-state index < -0.39 is 4.92 Å². The number of fused-ring (bicyclic) bond motifs is 1. The second kappa shape index (κ2) is 4.62. The average Bonchev–Trinajstić information content (AvgIpc) is 2.48. The zero-order chi connectivity index (χ0) is 14.1. The molecule has 0 fully saturated rings. The lowest BCUT2D eigenvalue weighted by Gasteiger charge is -2.05. The van der Waals surface area contributed by atoms with Gasteiger partial charge in [0.1, 0.15) is 6.20 Å². The number of aromatic hydroxyl groups is 1. The molecule has 5 nitrogen and oxygen atoms in total. The summed E-state index contributed by atoms with van der Waals surface area (Å²) in [5, 5.41) is 21.2. The van der Waals surface area contributed by atoms with Gasteiger partial charge in [0.15, 0.2) is 0 Å². The van der Waals surface area contributed by atoms with Crippen molar-refractivity contribution in [2.24, 2.45) is 0 Å². The Hall–Kier alpha value is -2.95. The lowest BCUT2D eigenvalue weighted by atomic mass is 10.0. The molecule has 0 unspecified atom stereocenters. The van der Waals surface area contributed by atoms with Crippen molar-refractivity contribution in [2.45, 2.75) is 0 Å². The van der Waals surface area contributed by atoms with Gasteiger partial charge in [0.2, 0.25) is 5.75 Å². The standard InChI is InChI=1S/C15H10N2O3/c18-15-12-8-11(10-4-2-1-3-5-10)6-7-13(12)16-9-14(15)17(19)20/h1-9H,(H,16,18). The number of nitrogens with zero attached hydrogens (tertiary/aromatic N) is 2. The average molecular weight is 266 g/mol. The Morgan fingerprint density at radius 1 is 1.05 bits per heavy atom. The molecule has 0 atom stereocenters. The Morgan fingerprint density at radius 3 is 2.50 bits per heavy atom. The Kier molecular flexibility index (Phi) is 2.80. The van der Waals surface area contributed by atoms with Crippen LogP contribution in [0.15, 0.2) is 54.7 Å². The fourth-order valence-electron chi connectivity index (χ4n) is 2.11. The topological polar surface area (TPSA) is 76.3 Å². The SMILES string of the molecule is O=[N+]([O-])c1cnc2ccc(-c3ccccc3)cc2c1O. The molecule has 2 aromatic carbocycles. The van der Waals surface area contributed by atoms with Crippen LogP contribution in [0.3, 0.4) is 0 Å². The molecule has 98 valence electrons. The van der Waals surface area contributed by atoms with Gasteiger partial charge in [-0.15, -0.1) is 0 Å². The van der Waals surface area contributed by atoms with Crippen molar-refractivity contribution in [3.8, 4) is 16.9 Å². The van der Waals surface area contributed by atoms with Gasteiger partial charge < -0.3 is 5.11 Å². The highest BCUT2D eigenvalue weighted by Gasteiger charge is 2.17. The number of nitro groups is 1. The van der Waals surface area contributed by atoms with E-state index in [1.165, 1.54) is 0 Å². The van der Waals surface area contributed by atoms with Crippen LogP contribution in [-0.2, 0) is 0 Å². The molecule has 0 bridgehead atoms. The molecule has 0 aliphatic rings. The normalized spacial score (nSPS) is 10.6. The predicted octanol–water partition coefficient (Wildman–Crippen LogP) is 3.52. The highest BCUT2D eigenvalue weighted by atomic mass is 16.6. The van der Waals surface area contributed by atoms with Crippen molar-refractivity contribution in [1.82, 2.24) is 4.98 Å². The quantitative estimate of drug-likeness (QED) is 0.568. The van der Waals surface area contributed by atoms with E-state index in [2.05, 4.69) is 4.98 Å². The maximum Gasteiger partial charge on any atom is 0.329 e. The second-order valence-electron chi connectivity index (χ2n) is 4.35. The van der Waals surface area contributed by atoms with Crippen molar-refractivity contribution >= 4 is 16.6 Å². The van der Waals surface area contributed by atoms with Crippen LogP contribution >= 0.6 is 0 Å². The van der Waals surface area contributed by atoms with E-state index in [0.717, 1.165) is 17.3 Å². The highest BCUT2D eigenvalue weighted by molar-refractivity contribution is 5.91. The van der Waals surface area contributed by atoms with Crippen LogP contribution < -0.4 is 0 Å². The Morgan fingerprint density at radius 2 is 1.80 bits per heavy atom. The summed E-state index contributed by atoms with van der Waals surface area (Å²) in [7, 11) is 0. The molecule has 3 rings (SSSR count). The first-order valence-electron chi connectivity index (χ1n) is 5.98. The van der Waals surface area contributed by atoms with Crippen LogP contribution in [0.1, 0.15) is 0 Å². The zero-order valence-corrected chi connectivity index (χ0v) is 10.4. The molecule has 1 aromatic heterocycles. The first-order chi connectivity index (χ1) is 9.66. The Balaban J connectivity index is 2.24. The Bertz CT molecular complexity index is 801. The molecule has 0 aliphatic heterocycles. The molecule has 5 heteroatoms. The maximum absolute atomic E-state index is 10.8. The summed E-state index contributed by atoms with van der Waals surface area (Å²) in [6.07, 6.45) is 1.07. The first-order valence-corrected chi connectivity index (χ1v) is 5.98. The molecule has 0 radical (unpaired) electrons. The summed E-state index contributed by atoms with van der Waals surface area (Å²) in [5.74, 6) is -0.349. The van der Waals surface area contributed by atoms with E-state index in [4.69, 9.17) is 0 Å². The fourth-order valence-corrected chi connectivity index (χ4v) is 2.11. The lowest BCUT2D eigenvalue weighted by Crippen LogP contribution is -1.91. The molecule has 0 saturated heterocycles. The third-order valence-corrected chi connectivity index (χ3v) is 3.12. The molecule has 0 saturated carbocycles. The van der Waals surface area contributed by atoms with Gasteiger partial charge in [-0.25, -0.2) is 4.98 Å². The van der Waals surface area contributed by atoms with E-state index in [-0.39, 0.29) is 11.4 Å². The highest BCUT2D eigenvalue weighted by Crippen LogP contribution is 2.34. The fraction of sp³-hybridized carbons (Fsp3) is 0. The maximum atomic E-state index is 10.8. The summed E-state index contributed by atoms with van der Waals surface area (Å²) >= 11 is 0. The molecule has 20 heavy (non-hydrogen) atoms. The molecule has 3 aromatic rings. The number of hydrogen-bond acceptors (Lipinski definition) is 4. The minimum absolute atomic E-state index is 0.349. The van der Waals surface area contributed by atoms with Gasteiger partial charge in [0.05, 0.1) is 10.4 Å². The van der Waals surface area contributed by atoms with Gasteiger partial charge in [-0.05, 0) is 23.3 Å². The lowest BCUT2D eigenvalue weighted by molar-refractivity contribution is -0.386. The number of benzene rings is 2. The molecule has 0 spiro atoms. The third-order valence-electron chi connectivity index (χ3n) is 3.12. The number of pyridine rings is 1. The largest absolute Gasteiger partial charge is 0.502 e. The molecule has 0 amide bonds. The molecular weight excluding hydrogens is 256 g/mol. The van der Waals surface area contributed by atoms with Gasteiger partial charge in [-0.3, -0.25) is 10.1 Å².